The van der Waals surface area contributed by atoms with E-state index in [0.29, 0.717) is 24.0 Å². The monoisotopic (exact) mass is 304 g/mol. The predicted molar refractivity (Wildman–Crippen MR) is 85.7 cm³/mol. The van der Waals surface area contributed by atoms with E-state index in [2.05, 4.69) is 21.9 Å². The number of hydrogen-bond acceptors (Lipinski definition) is 4. The zero-order chi connectivity index (χ0) is 15.9. The Morgan fingerprint density at radius 1 is 1.32 bits per heavy atom. The molecule has 2 aromatic heterocycles. The summed E-state index contributed by atoms with van der Waals surface area (Å²) >= 11 is 0. The Morgan fingerprint density at radius 2 is 2.14 bits per heavy atom. The second-order valence-electron chi connectivity index (χ2n) is 5.64. The van der Waals surface area contributed by atoms with Gasteiger partial charge in [-0.3, -0.25) is 14.3 Å². The molecule has 2 heterocycles. The smallest absolute Gasteiger partial charge is 0.259 e. The van der Waals surface area contributed by atoms with Crippen molar-refractivity contribution in [1.29, 1.82) is 0 Å². The van der Waals surface area contributed by atoms with E-state index < -0.39 is 0 Å². The van der Waals surface area contributed by atoms with Crippen molar-refractivity contribution in [3.05, 3.63) is 34.6 Å². The van der Waals surface area contributed by atoms with Crippen LogP contribution in [0.2, 0.25) is 0 Å². The van der Waals surface area contributed by atoms with Gasteiger partial charge in [-0.1, -0.05) is 40.0 Å². The number of ether oxygens (including phenoxy) is 1. The van der Waals surface area contributed by atoms with Crippen molar-refractivity contribution < 1.29 is 4.74 Å². The van der Waals surface area contributed by atoms with Crippen molar-refractivity contribution in [1.82, 2.24) is 19.5 Å². The third-order valence-corrected chi connectivity index (χ3v) is 3.47. The predicted octanol–water partition coefficient (Wildman–Crippen LogP) is 3.04. The molecule has 120 valence electrons. The summed E-state index contributed by atoms with van der Waals surface area (Å²) in [5, 5.41) is 0. The zero-order valence-electron chi connectivity index (χ0n) is 13.5. The maximum Gasteiger partial charge on any atom is 0.259 e. The van der Waals surface area contributed by atoms with Crippen molar-refractivity contribution in [2.24, 2.45) is 0 Å². The molecule has 0 amide bonds. The molecule has 6 nitrogen and oxygen atoms in total. The van der Waals surface area contributed by atoms with E-state index in [-0.39, 0.29) is 11.5 Å². The number of nitrogens with one attached hydrogen (secondary N) is 1. The van der Waals surface area contributed by atoms with Gasteiger partial charge in [-0.05, 0) is 12.3 Å². The molecular formula is C16H24N4O2. The van der Waals surface area contributed by atoms with Gasteiger partial charge in [-0.2, -0.15) is 4.98 Å². The Balaban J connectivity index is 2.22. The molecule has 0 bridgehead atoms. The number of nitrogens with zero attached hydrogens (tertiary/aromatic N) is 3. The summed E-state index contributed by atoms with van der Waals surface area (Å²) in [5.74, 6) is 0.910. The number of H-pyrrole nitrogens is 1. The first-order valence-corrected chi connectivity index (χ1v) is 7.88. The Kier molecular flexibility index (Phi) is 5.75. The standard InChI is InChI=1S/C16H24N4O2/c1-4-5-6-7-10-22-15-13(12(2)3)14(21)18-16(19-15)20-9-8-17-11-20/h8-9,11-12H,4-7,10H2,1-3H3,(H,18,19,21). The molecule has 0 aromatic carbocycles. The molecule has 0 radical (unpaired) electrons. The maximum atomic E-state index is 12.3. The summed E-state index contributed by atoms with van der Waals surface area (Å²) in [6, 6.07) is 0. The lowest BCUT2D eigenvalue weighted by atomic mass is 10.1. The number of imidazole rings is 1. The minimum absolute atomic E-state index is 0.0544. The van der Waals surface area contributed by atoms with Crippen LogP contribution in [0.4, 0.5) is 0 Å². The average Bonchev–Trinajstić information content (AvgIpc) is 3.00. The van der Waals surface area contributed by atoms with Crippen molar-refractivity contribution in [2.45, 2.75) is 52.4 Å². The lowest BCUT2D eigenvalue weighted by molar-refractivity contribution is 0.288. The molecular weight excluding hydrogens is 280 g/mol. The highest BCUT2D eigenvalue weighted by molar-refractivity contribution is 5.30. The van der Waals surface area contributed by atoms with Crippen molar-refractivity contribution in [3.63, 3.8) is 0 Å². The van der Waals surface area contributed by atoms with Crippen LogP contribution in [0.15, 0.2) is 23.5 Å². The minimum Gasteiger partial charge on any atom is -0.477 e. The molecule has 0 aliphatic rings. The van der Waals surface area contributed by atoms with Gasteiger partial charge in [-0.15, -0.1) is 0 Å². The van der Waals surface area contributed by atoms with Gasteiger partial charge in [0.15, 0.2) is 0 Å². The minimum atomic E-state index is -0.155. The first-order valence-electron chi connectivity index (χ1n) is 7.88. The van der Waals surface area contributed by atoms with Crippen LogP contribution in [-0.2, 0) is 0 Å². The van der Waals surface area contributed by atoms with Gasteiger partial charge in [0.2, 0.25) is 11.8 Å². The summed E-state index contributed by atoms with van der Waals surface area (Å²) in [6.07, 6.45) is 9.46. The number of aromatic nitrogens is 4. The van der Waals surface area contributed by atoms with Gasteiger partial charge in [-0.25, -0.2) is 4.98 Å². The number of unbranched alkanes of at least 4 members (excludes halogenated alkanes) is 3. The summed E-state index contributed by atoms with van der Waals surface area (Å²) in [5.41, 5.74) is 0.441. The van der Waals surface area contributed by atoms with Crippen LogP contribution < -0.4 is 10.3 Å². The van der Waals surface area contributed by atoms with Crippen LogP contribution >= 0.6 is 0 Å². The maximum absolute atomic E-state index is 12.3. The zero-order valence-corrected chi connectivity index (χ0v) is 13.5. The number of hydrogen-bond donors (Lipinski definition) is 1. The molecule has 2 rings (SSSR count). The summed E-state index contributed by atoms with van der Waals surface area (Å²) in [4.78, 5) is 23.5. The summed E-state index contributed by atoms with van der Waals surface area (Å²) < 4.78 is 7.46. The van der Waals surface area contributed by atoms with Crippen LogP contribution in [0.25, 0.3) is 5.95 Å². The second kappa shape index (κ2) is 7.77. The highest BCUT2D eigenvalue weighted by Gasteiger charge is 2.16. The van der Waals surface area contributed by atoms with Crippen LogP contribution in [-0.4, -0.2) is 26.1 Å². The van der Waals surface area contributed by atoms with Crippen molar-refractivity contribution in [3.8, 4) is 11.8 Å². The molecule has 0 atom stereocenters. The lowest BCUT2D eigenvalue weighted by Gasteiger charge is -2.13. The molecule has 0 aliphatic heterocycles. The topological polar surface area (TPSA) is 72.8 Å². The second-order valence-corrected chi connectivity index (χ2v) is 5.64. The van der Waals surface area contributed by atoms with E-state index >= 15 is 0 Å². The fraction of sp³-hybridized carbons (Fsp3) is 0.562. The Hall–Kier alpha value is -2.11. The van der Waals surface area contributed by atoms with Crippen molar-refractivity contribution in [2.75, 3.05) is 6.61 Å². The van der Waals surface area contributed by atoms with E-state index in [4.69, 9.17) is 4.74 Å². The molecule has 0 saturated heterocycles. The molecule has 0 spiro atoms. The van der Waals surface area contributed by atoms with Crippen LogP contribution in [0.3, 0.4) is 0 Å². The van der Waals surface area contributed by atoms with Gasteiger partial charge < -0.3 is 4.74 Å². The van der Waals surface area contributed by atoms with Crippen LogP contribution in [0, 0.1) is 0 Å². The fourth-order valence-electron chi connectivity index (χ4n) is 2.27. The van der Waals surface area contributed by atoms with Gasteiger partial charge in [0.05, 0.1) is 12.2 Å². The number of aromatic amines is 1. The summed E-state index contributed by atoms with van der Waals surface area (Å²) in [7, 11) is 0. The van der Waals surface area contributed by atoms with Gasteiger partial charge in [0, 0.05) is 12.4 Å². The molecule has 0 saturated carbocycles. The molecule has 2 aromatic rings. The van der Waals surface area contributed by atoms with Crippen LogP contribution in [0.5, 0.6) is 5.88 Å². The Morgan fingerprint density at radius 3 is 2.77 bits per heavy atom. The molecule has 0 fully saturated rings. The molecule has 6 heteroatoms. The third kappa shape index (κ3) is 3.96. The van der Waals surface area contributed by atoms with E-state index in [0.717, 1.165) is 12.8 Å². The average molecular weight is 304 g/mol. The molecule has 1 N–H and O–H groups in total. The first kappa shape index (κ1) is 16.3. The van der Waals surface area contributed by atoms with E-state index in [1.165, 1.54) is 12.8 Å². The summed E-state index contributed by atoms with van der Waals surface area (Å²) in [6.45, 7) is 6.69. The third-order valence-electron chi connectivity index (χ3n) is 3.47. The van der Waals surface area contributed by atoms with Gasteiger partial charge >= 0.3 is 0 Å². The SMILES string of the molecule is CCCCCCOc1nc(-n2ccnc2)[nH]c(=O)c1C(C)C. The van der Waals surface area contributed by atoms with E-state index in [9.17, 15) is 4.79 Å². The fourth-order valence-corrected chi connectivity index (χ4v) is 2.27. The quantitative estimate of drug-likeness (QED) is 0.761. The number of rotatable bonds is 8. The van der Waals surface area contributed by atoms with Crippen LogP contribution in [0.1, 0.15) is 57.9 Å². The molecule has 0 unspecified atom stereocenters. The van der Waals surface area contributed by atoms with Crippen molar-refractivity contribution >= 4 is 0 Å². The Labute approximate surface area is 130 Å². The highest BCUT2D eigenvalue weighted by Crippen LogP contribution is 2.21. The van der Waals surface area contributed by atoms with E-state index in [1.807, 2.05) is 13.8 Å². The van der Waals surface area contributed by atoms with Gasteiger partial charge in [0.25, 0.3) is 5.56 Å². The largest absolute Gasteiger partial charge is 0.477 e. The lowest BCUT2D eigenvalue weighted by Crippen LogP contribution is -2.20. The Bertz CT molecular complexity index is 632. The van der Waals surface area contributed by atoms with E-state index in [1.54, 1.807) is 23.3 Å². The highest BCUT2D eigenvalue weighted by atomic mass is 16.5. The molecule has 22 heavy (non-hydrogen) atoms. The molecule has 0 aliphatic carbocycles. The first-order chi connectivity index (χ1) is 10.6. The normalized spacial score (nSPS) is 11.1. The van der Waals surface area contributed by atoms with Gasteiger partial charge in [0.1, 0.15) is 6.33 Å².